The number of benzene rings is 1. The van der Waals surface area contributed by atoms with Gasteiger partial charge in [-0.25, -0.2) is 4.79 Å². The lowest BCUT2D eigenvalue weighted by Crippen LogP contribution is -2.52. The summed E-state index contributed by atoms with van der Waals surface area (Å²) in [7, 11) is 0. The molecular formula is C19H26N4O2. The molecule has 0 radical (unpaired) electrons. The Balaban J connectivity index is 1.82. The van der Waals surface area contributed by atoms with E-state index in [1.54, 1.807) is 11.0 Å². The molecule has 0 atom stereocenters. The van der Waals surface area contributed by atoms with Gasteiger partial charge in [-0.3, -0.25) is 9.69 Å². The summed E-state index contributed by atoms with van der Waals surface area (Å²) in [5, 5.41) is 2.88. The van der Waals surface area contributed by atoms with E-state index in [0.717, 1.165) is 18.7 Å². The maximum absolute atomic E-state index is 12.4. The summed E-state index contributed by atoms with van der Waals surface area (Å²) < 4.78 is 0. The molecule has 0 aliphatic carbocycles. The van der Waals surface area contributed by atoms with Crippen molar-refractivity contribution in [1.29, 1.82) is 0 Å². The number of carbonyl (C=O) groups excluding carboxylic acids is 2. The second kappa shape index (κ2) is 9.09. The molecule has 1 aliphatic heterocycles. The second-order valence-electron chi connectivity index (χ2n) is 5.98. The van der Waals surface area contributed by atoms with Gasteiger partial charge in [-0.15, -0.1) is 6.42 Å². The van der Waals surface area contributed by atoms with Crippen LogP contribution in [0.3, 0.4) is 0 Å². The van der Waals surface area contributed by atoms with E-state index in [4.69, 9.17) is 6.42 Å². The molecule has 1 fully saturated rings. The SMILES string of the molecule is C#Cc1cccc(NC(=O)N2CCN(CC(=O)N(CC)CC)CC2)c1. The quantitative estimate of drug-likeness (QED) is 0.829. The molecule has 0 aromatic heterocycles. The van der Waals surface area contributed by atoms with Crippen molar-refractivity contribution in [3.8, 4) is 12.3 Å². The van der Waals surface area contributed by atoms with Gasteiger partial charge in [-0.1, -0.05) is 12.0 Å². The number of anilines is 1. The number of piperazine rings is 1. The Morgan fingerprint density at radius 2 is 1.88 bits per heavy atom. The van der Waals surface area contributed by atoms with E-state index in [1.807, 2.05) is 36.9 Å². The van der Waals surface area contributed by atoms with Crippen LogP contribution in [0.2, 0.25) is 0 Å². The monoisotopic (exact) mass is 342 g/mol. The minimum atomic E-state index is -0.135. The molecule has 3 amide bonds. The van der Waals surface area contributed by atoms with Crippen molar-refractivity contribution in [3.05, 3.63) is 29.8 Å². The van der Waals surface area contributed by atoms with Gasteiger partial charge in [0.05, 0.1) is 6.54 Å². The van der Waals surface area contributed by atoms with Crippen LogP contribution in [0.15, 0.2) is 24.3 Å². The maximum atomic E-state index is 12.4. The number of hydrogen-bond donors (Lipinski definition) is 1. The fourth-order valence-electron chi connectivity index (χ4n) is 2.87. The van der Waals surface area contributed by atoms with Crippen molar-refractivity contribution >= 4 is 17.6 Å². The van der Waals surface area contributed by atoms with Gasteiger partial charge < -0.3 is 15.1 Å². The molecule has 6 heteroatoms. The Hall–Kier alpha value is -2.52. The van der Waals surface area contributed by atoms with Gasteiger partial charge in [-0.2, -0.15) is 0 Å². The van der Waals surface area contributed by atoms with E-state index in [1.165, 1.54) is 0 Å². The highest BCUT2D eigenvalue weighted by Gasteiger charge is 2.23. The Morgan fingerprint density at radius 1 is 1.20 bits per heavy atom. The number of urea groups is 1. The summed E-state index contributed by atoms with van der Waals surface area (Å²) in [6.07, 6.45) is 5.38. The molecule has 1 N–H and O–H groups in total. The van der Waals surface area contributed by atoms with Gasteiger partial charge in [0.1, 0.15) is 0 Å². The molecule has 25 heavy (non-hydrogen) atoms. The number of hydrogen-bond acceptors (Lipinski definition) is 3. The van der Waals surface area contributed by atoms with Gasteiger partial charge in [-0.05, 0) is 32.0 Å². The third kappa shape index (κ3) is 5.23. The number of terminal acetylenes is 1. The van der Waals surface area contributed by atoms with Crippen LogP contribution in [-0.2, 0) is 4.79 Å². The Morgan fingerprint density at radius 3 is 2.48 bits per heavy atom. The zero-order valence-electron chi connectivity index (χ0n) is 15.0. The van der Waals surface area contributed by atoms with Gasteiger partial charge >= 0.3 is 6.03 Å². The largest absolute Gasteiger partial charge is 0.342 e. The lowest BCUT2D eigenvalue weighted by Gasteiger charge is -2.35. The zero-order valence-corrected chi connectivity index (χ0v) is 15.0. The number of rotatable bonds is 5. The minimum absolute atomic E-state index is 0.135. The molecular weight excluding hydrogens is 316 g/mol. The fraction of sp³-hybridized carbons (Fsp3) is 0.474. The second-order valence-corrected chi connectivity index (χ2v) is 5.98. The highest BCUT2D eigenvalue weighted by molar-refractivity contribution is 5.89. The summed E-state index contributed by atoms with van der Waals surface area (Å²) in [6.45, 7) is 8.45. The van der Waals surface area contributed by atoms with Crippen molar-refractivity contribution in [1.82, 2.24) is 14.7 Å². The van der Waals surface area contributed by atoms with E-state index in [2.05, 4.69) is 16.1 Å². The molecule has 0 saturated carbocycles. The molecule has 2 rings (SSSR count). The molecule has 0 bridgehead atoms. The summed E-state index contributed by atoms with van der Waals surface area (Å²) in [4.78, 5) is 30.2. The van der Waals surface area contributed by atoms with Crippen LogP contribution < -0.4 is 5.32 Å². The van der Waals surface area contributed by atoms with E-state index in [0.29, 0.717) is 38.4 Å². The molecule has 1 saturated heterocycles. The molecule has 134 valence electrons. The normalized spacial score (nSPS) is 14.7. The molecule has 1 heterocycles. The highest BCUT2D eigenvalue weighted by atomic mass is 16.2. The topological polar surface area (TPSA) is 55.9 Å². The molecule has 0 spiro atoms. The third-order valence-electron chi connectivity index (χ3n) is 4.42. The predicted molar refractivity (Wildman–Crippen MR) is 99.3 cm³/mol. The first-order chi connectivity index (χ1) is 12.1. The van der Waals surface area contributed by atoms with E-state index in [-0.39, 0.29) is 11.9 Å². The first-order valence-corrected chi connectivity index (χ1v) is 8.70. The molecule has 6 nitrogen and oxygen atoms in total. The van der Waals surface area contributed by atoms with Crippen LogP contribution in [0, 0.1) is 12.3 Å². The van der Waals surface area contributed by atoms with Crippen LogP contribution in [0.1, 0.15) is 19.4 Å². The van der Waals surface area contributed by atoms with Gasteiger partial charge in [0.15, 0.2) is 0 Å². The molecule has 1 aliphatic rings. The third-order valence-corrected chi connectivity index (χ3v) is 4.42. The smallest absolute Gasteiger partial charge is 0.321 e. The van der Waals surface area contributed by atoms with Crippen LogP contribution in [0.5, 0.6) is 0 Å². The summed E-state index contributed by atoms with van der Waals surface area (Å²) in [6, 6.07) is 7.10. The molecule has 1 aromatic rings. The lowest BCUT2D eigenvalue weighted by atomic mass is 10.2. The minimum Gasteiger partial charge on any atom is -0.342 e. The Bertz CT molecular complexity index is 641. The first kappa shape index (κ1) is 18.8. The number of likely N-dealkylation sites (N-methyl/N-ethyl adjacent to an activating group) is 1. The van der Waals surface area contributed by atoms with Crippen molar-refractivity contribution in [2.24, 2.45) is 0 Å². The van der Waals surface area contributed by atoms with Crippen molar-refractivity contribution in [2.45, 2.75) is 13.8 Å². The maximum Gasteiger partial charge on any atom is 0.321 e. The number of amides is 3. The van der Waals surface area contributed by atoms with Crippen molar-refractivity contribution < 1.29 is 9.59 Å². The van der Waals surface area contributed by atoms with E-state index >= 15 is 0 Å². The van der Waals surface area contributed by atoms with Gasteiger partial charge in [0.25, 0.3) is 0 Å². The highest BCUT2D eigenvalue weighted by Crippen LogP contribution is 2.12. The summed E-state index contributed by atoms with van der Waals surface area (Å²) in [5.74, 6) is 2.70. The Kier molecular flexibility index (Phi) is 6.84. The summed E-state index contributed by atoms with van der Waals surface area (Å²) in [5.41, 5.74) is 1.43. The average molecular weight is 342 g/mol. The van der Waals surface area contributed by atoms with E-state index in [9.17, 15) is 9.59 Å². The van der Waals surface area contributed by atoms with Crippen LogP contribution in [-0.4, -0.2) is 72.5 Å². The lowest BCUT2D eigenvalue weighted by molar-refractivity contribution is -0.132. The average Bonchev–Trinajstić information content (AvgIpc) is 2.63. The van der Waals surface area contributed by atoms with Gasteiger partial charge in [0, 0.05) is 50.5 Å². The number of nitrogens with one attached hydrogen (secondary N) is 1. The first-order valence-electron chi connectivity index (χ1n) is 8.70. The van der Waals surface area contributed by atoms with E-state index < -0.39 is 0 Å². The zero-order chi connectivity index (χ0) is 18.2. The standard InChI is InChI=1S/C19H26N4O2/c1-4-16-8-7-9-17(14-16)20-19(25)23-12-10-21(11-13-23)15-18(24)22(5-2)6-3/h1,7-9,14H,5-6,10-13,15H2,2-3H3,(H,20,25). The predicted octanol–water partition coefficient (Wildman–Crippen LogP) is 1.69. The van der Waals surface area contributed by atoms with Crippen LogP contribution in [0.25, 0.3) is 0 Å². The van der Waals surface area contributed by atoms with Crippen LogP contribution >= 0.6 is 0 Å². The fourth-order valence-corrected chi connectivity index (χ4v) is 2.87. The van der Waals surface area contributed by atoms with Crippen molar-refractivity contribution in [3.63, 3.8) is 0 Å². The number of carbonyl (C=O) groups is 2. The van der Waals surface area contributed by atoms with Crippen LogP contribution in [0.4, 0.5) is 10.5 Å². The van der Waals surface area contributed by atoms with Crippen molar-refractivity contribution in [2.75, 3.05) is 51.1 Å². The summed E-state index contributed by atoms with van der Waals surface area (Å²) >= 11 is 0. The Labute approximate surface area is 149 Å². The van der Waals surface area contributed by atoms with Gasteiger partial charge in [0.2, 0.25) is 5.91 Å². The molecule has 0 unspecified atom stereocenters. The number of nitrogens with zero attached hydrogens (tertiary/aromatic N) is 3. The molecule has 1 aromatic carbocycles.